The molecule has 0 atom stereocenters. The van der Waals surface area contributed by atoms with Gasteiger partial charge in [-0.05, 0) is 30.5 Å². The van der Waals surface area contributed by atoms with Crippen molar-refractivity contribution in [1.82, 2.24) is 0 Å². The van der Waals surface area contributed by atoms with Crippen molar-refractivity contribution in [2.75, 3.05) is 37.8 Å². The van der Waals surface area contributed by atoms with E-state index in [2.05, 4.69) is 17.0 Å². The highest BCUT2D eigenvalue weighted by Crippen LogP contribution is 2.27. The molecule has 4 heteroatoms. The number of benzene rings is 1. The van der Waals surface area contributed by atoms with E-state index in [-0.39, 0.29) is 6.61 Å². The first-order valence-corrected chi connectivity index (χ1v) is 6.41. The maximum Gasteiger partial charge on any atom is 0.0642 e. The van der Waals surface area contributed by atoms with Gasteiger partial charge in [0, 0.05) is 19.7 Å². The molecule has 94 valence electrons. The highest BCUT2D eigenvalue weighted by Gasteiger charge is 2.14. The molecular formula is C13H18ClNO2. The van der Waals surface area contributed by atoms with Crippen LogP contribution in [0.3, 0.4) is 0 Å². The molecule has 3 nitrogen and oxygen atoms in total. The molecule has 0 saturated carbocycles. The van der Waals surface area contributed by atoms with E-state index in [1.165, 1.54) is 5.56 Å². The molecule has 1 N–H and O–H groups in total. The Hall–Kier alpha value is -0.770. The summed E-state index contributed by atoms with van der Waals surface area (Å²) in [7, 11) is 0. The second-order valence-corrected chi connectivity index (χ2v) is 4.62. The van der Waals surface area contributed by atoms with Crippen LogP contribution in [-0.2, 0) is 11.2 Å². The van der Waals surface area contributed by atoms with Crippen LogP contribution >= 0.6 is 11.6 Å². The summed E-state index contributed by atoms with van der Waals surface area (Å²) in [6.45, 7) is 3.55. The normalized spacial score (nSPS) is 16.2. The van der Waals surface area contributed by atoms with E-state index in [9.17, 15) is 0 Å². The topological polar surface area (TPSA) is 32.7 Å². The Kier molecular flexibility index (Phi) is 4.66. The average Bonchev–Trinajstić information content (AvgIpc) is 2.37. The molecule has 1 aromatic carbocycles. The average molecular weight is 256 g/mol. The van der Waals surface area contributed by atoms with E-state index in [0.29, 0.717) is 0 Å². The van der Waals surface area contributed by atoms with Crippen molar-refractivity contribution >= 4 is 17.3 Å². The number of aliphatic hydroxyl groups excluding tert-OH is 1. The van der Waals surface area contributed by atoms with Crippen LogP contribution in [0.5, 0.6) is 0 Å². The largest absolute Gasteiger partial charge is 0.396 e. The van der Waals surface area contributed by atoms with Crippen LogP contribution < -0.4 is 4.90 Å². The standard InChI is InChI=1S/C13H18ClNO2/c14-12-10-11(2-1-7-16)3-4-13(12)15-5-8-17-9-6-15/h3-4,10,16H,1-2,5-9H2. The van der Waals surface area contributed by atoms with Gasteiger partial charge >= 0.3 is 0 Å². The van der Waals surface area contributed by atoms with Gasteiger partial charge in [0.1, 0.15) is 0 Å². The van der Waals surface area contributed by atoms with Crippen LogP contribution in [0.1, 0.15) is 12.0 Å². The van der Waals surface area contributed by atoms with E-state index >= 15 is 0 Å². The predicted molar refractivity (Wildman–Crippen MR) is 69.9 cm³/mol. The molecule has 1 saturated heterocycles. The Morgan fingerprint density at radius 1 is 1.29 bits per heavy atom. The molecule has 0 unspecified atom stereocenters. The second kappa shape index (κ2) is 6.24. The first-order valence-electron chi connectivity index (χ1n) is 6.03. The fourth-order valence-electron chi connectivity index (χ4n) is 2.05. The molecule has 1 aromatic rings. The first-order chi connectivity index (χ1) is 8.31. The molecule has 0 aliphatic carbocycles. The molecule has 2 rings (SSSR count). The van der Waals surface area contributed by atoms with Gasteiger partial charge < -0.3 is 14.7 Å². The summed E-state index contributed by atoms with van der Waals surface area (Å²) >= 11 is 6.30. The number of anilines is 1. The van der Waals surface area contributed by atoms with Crippen molar-refractivity contribution in [3.63, 3.8) is 0 Å². The first kappa shape index (κ1) is 12.7. The second-order valence-electron chi connectivity index (χ2n) is 4.21. The minimum atomic E-state index is 0.225. The number of nitrogens with zero attached hydrogens (tertiary/aromatic N) is 1. The minimum absolute atomic E-state index is 0.225. The maximum absolute atomic E-state index is 8.80. The fourth-order valence-corrected chi connectivity index (χ4v) is 2.37. The molecule has 0 aromatic heterocycles. The molecule has 0 spiro atoms. The van der Waals surface area contributed by atoms with E-state index in [1.54, 1.807) is 0 Å². The zero-order valence-corrected chi connectivity index (χ0v) is 10.6. The van der Waals surface area contributed by atoms with E-state index in [4.69, 9.17) is 21.4 Å². The quantitative estimate of drug-likeness (QED) is 0.895. The maximum atomic E-state index is 8.80. The number of ether oxygens (including phenoxy) is 1. The van der Waals surface area contributed by atoms with Crippen LogP contribution in [0, 0.1) is 0 Å². The molecule has 0 amide bonds. The van der Waals surface area contributed by atoms with Crippen LogP contribution in [-0.4, -0.2) is 38.0 Å². The Labute approximate surface area is 107 Å². The monoisotopic (exact) mass is 255 g/mol. The van der Waals surface area contributed by atoms with Crippen molar-refractivity contribution < 1.29 is 9.84 Å². The van der Waals surface area contributed by atoms with Crippen molar-refractivity contribution in [3.05, 3.63) is 28.8 Å². The lowest BCUT2D eigenvalue weighted by Gasteiger charge is -2.29. The van der Waals surface area contributed by atoms with Crippen molar-refractivity contribution in [3.8, 4) is 0 Å². The lowest BCUT2D eigenvalue weighted by molar-refractivity contribution is 0.122. The third-order valence-corrected chi connectivity index (χ3v) is 3.29. The summed E-state index contributed by atoms with van der Waals surface area (Å²) in [6.07, 6.45) is 1.66. The lowest BCUT2D eigenvalue weighted by atomic mass is 10.1. The number of morpholine rings is 1. The van der Waals surface area contributed by atoms with Gasteiger partial charge in [0.15, 0.2) is 0 Å². The Morgan fingerprint density at radius 3 is 2.71 bits per heavy atom. The van der Waals surface area contributed by atoms with E-state index in [1.807, 2.05) is 6.07 Å². The molecular weight excluding hydrogens is 238 g/mol. The van der Waals surface area contributed by atoms with Gasteiger partial charge in [-0.15, -0.1) is 0 Å². The summed E-state index contributed by atoms with van der Waals surface area (Å²) in [4.78, 5) is 2.25. The van der Waals surface area contributed by atoms with Crippen molar-refractivity contribution in [2.45, 2.75) is 12.8 Å². The summed E-state index contributed by atoms with van der Waals surface area (Å²) in [5.74, 6) is 0. The number of hydrogen-bond acceptors (Lipinski definition) is 3. The van der Waals surface area contributed by atoms with Crippen LogP contribution in [0.25, 0.3) is 0 Å². The highest BCUT2D eigenvalue weighted by atomic mass is 35.5. The number of aryl methyl sites for hydroxylation is 1. The minimum Gasteiger partial charge on any atom is -0.396 e. The predicted octanol–water partition coefficient (Wildman–Crippen LogP) is 2.10. The van der Waals surface area contributed by atoms with E-state index in [0.717, 1.165) is 49.9 Å². The Balaban J connectivity index is 2.07. The summed E-state index contributed by atoms with van der Waals surface area (Å²) in [5, 5.41) is 9.59. The van der Waals surface area contributed by atoms with Crippen LogP contribution in [0.2, 0.25) is 5.02 Å². The number of rotatable bonds is 4. The molecule has 1 aliphatic rings. The zero-order chi connectivity index (χ0) is 12.1. The van der Waals surface area contributed by atoms with Gasteiger partial charge in [0.05, 0.1) is 23.9 Å². The van der Waals surface area contributed by atoms with Gasteiger partial charge in [-0.1, -0.05) is 17.7 Å². The number of halogens is 1. The van der Waals surface area contributed by atoms with Crippen molar-refractivity contribution in [1.29, 1.82) is 0 Å². The van der Waals surface area contributed by atoms with Crippen LogP contribution in [0.4, 0.5) is 5.69 Å². The van der Waals surface area contributed by atoms with E-state index < -0.39 is 0 Å². The number of aliphatic hydroxyl groups is 1. The Morgan fingerprint density at radius 2 is 2.06 bits per heavy atom. The summed E-state index contributed by atoms with van der Waals surface area (Å²) in [6, 6.07) is 6.16. The van der Waals surface area contributed by atoms with Gasteiger partial charge in [0.25, 0.3) is 0 Å². The van der Waals surface area contributed by atoms with Crippen LogP contribution in [0.15, 0.2) is 18.2 Å². The van der Waals surface area contributed by atoms with Gasteiger partial charge in [-0.25, -0.2) is 0 Å². The molecule has 1 heterocycles. The molecule has 0 radical (unpaired) electrons. The molecule has 0 bridgehead atoms. The van der Waals surface area contributed by atoms with Crippen molar-refractivity contribution in [2.24, 2.45) is 0 Å². The SMILES string of the molecule is OCCCc1ccc(N2CCOCC2)c(Cl)c1. The highest BCUT2D eigenvalue weighted by molar-refractivity contribution is 6.33. The third-order valence-electron chi connectivity index (χ3n) is 2.99. The van der Waals surface area contributed by atoms with Gasteiger partial charge in [-0.2, -0.15) is 0 Å². The zero-order valence-electron chi connectivity index (χ0n) is 9.86. The Bertz CT molecular complexity index is 364. The van der Waals surface area contributed by atoms with Gasteiger partial charge in [0.2, 0.25) is 0 Å². The molecule has 17 heavy (non-hydrogen) atoms. The number of hydrogen-bond donors (Lipinski definition) is 1. The molecule has 1 fully saturated rings. The third kappa shape index (κ3) is 3.35. The van der Waals surface area contributed by atoms with Gasteiger partial charge in [-0.3, -0.25) is 0 Å². The lowest BCUT2D eigenvalue weighted by Crippen LogP contribution is -2.36. The summed E-state index contributed by atoms with van der Waals surface area (Å²) in [5.41, 5.74) is 2.27. The molecule has 1 aliphatic heterocycles. The smallest absolute Gasteiger partial charge is 0.0642 e. The fraction of sp³-hybridized carbons (Fsp3) is 0.538. The summed E-state index contributed by atoms with van der Waals surface area (Å²) < 4.78 is 5.33.